The van der Waals surface area contributed by atoms with Crippen molar-refractivity contribution in [2.45, 2.75) is 33.6 Å². The molecule has 0 bridgehead atoms. The number of ether oxygens (including phenoxy) is 1. The van der Waals surface area contributed by atoms with Crippen LogP contribution in [0.4, 0.5) is 10.5 Å². The first-order valence-electron chi connectivity index (χ1n) is 9.43. The van der Waals surface area contributed by atoms with Gasteiger partial charge >= 0.3 is 12.0 Å². The minimum absolute atomic E-state index is 0.0326. The van der Waals surface area contributed by atoms with Crippen molar-refractivity contribution in [1.82, 2.24) is 10.6 Å². The summed E-state index contributed by atoms with van der Waals surface area (Å²) in [6, 6.07) is 6.97. The molecule has 1 heterocycles. The third kappa shape index (κ3) is 6.07. The molecule has 28 heavy (non-hydrogen) atoms. The van der Waals surface area contributed by atoms with Gasteiger partial charge in [-0.25, -0.2) is 4.79 Å². The zero-order valence-electron chi connectivity index (χ0n) is 16.5. The smallest absolute Gasteiger partial charge is 0.321 e. The molecule has 0 radical (unpaired) electrons. The average Bonchev–Trinajstić information content (AvgIpc) is 3.06. The molecule has 1 atom stereocenters. The normalized spacial score (nSPS) is 16.2. The van der Waals surface area contributed by atoms with E-state index >= 15 is 0 Å². The van der Waals surface area contributed by atoms with E-state index in [0.717, 1.165) is 17.7 Å². The number of carbonyl (C=O) groups excluding carboxylic acids is 4. The van der Waals surface area contributed by atoms with Gasteiger partial charge in [0.25, 0.3) is 5.91 Å². The molecule has 152 valence electrons. The molecule has 4 amide bonds. The molecule has 2 rings (SSSR count). The Kier molecular flexibility index (Phi) is 7.54. The van der Waals surface area contributed by atoms with Gasteiger partial charge in [0.1, 0.15) is 0 Å². The van der Waals surface area contributed by atoms with E-state index in [2.05, 4.69) is 10.6 Å². The fraction of sp³-hybridized carbons (Fsp3) is 0.500. The number of carbonyl (C=O) groups is 4. The summed E-state index contributed by atoms with van der Waals surface area (Å²) in [7, 11) is 0. The van der Waals surface area contributed by atoms with Crippen LogP contribution in [0.2, 0.25) is 0 Å². The molecular formula is C20H27N3O5. The quantitative estimate of drug-likeness (QED) is 0.690. The van der Waals surface area contributed by atoms with Gasteiger partial charge in [-0.3, -0.25) is 19.7 Å². The Labute approximate surface area is 164 Å². The number of benzene rings is 1. The first kappa shape index (κ1) is 21.4. The van der Waals surface area contributed by atoms with Crippen LogP contribution in [0.1, 0.15) is 32.8 Å². The number of nitrogens with one attached hydrogen (secondary N) is 2. The van der Waals surface area contributed by atoms with Crippen molar-refractivity contribution in [1.29, 1.82) is 0 Å². The summed E-state index contributed by atoms with van der Waals surface area (Å²) >= 11 is 0. The van der Waals surface area contributed by atoms with E-state index in [1.807, 2.05) is 45.0 Å². The lowest BCUT2D eigenvalue weighted by Gasteiger charge is -2.17. The summed E-state index contributed by atoms with van der Waals surface area (Å²) in [5.41, 5.74) is 1.90. The van der Waals surface area contributed by atoms with Gasteiger partial charge in [0.15, 0.2) is 6.61 Å². The van der Waals surface area contributed by atoms with E-state index in [4.69, 9.17) is 4.74 Å². The monoisotopic (exact) mass is 389 g/mol. The summed E-state index contributed by atoms with van der Waals surface area (Å²) in [5, 5.41) is 4.62. The first-order valence-corrected chi connectivity index (χ1v) is 9.43. The zero-order chi connectivity index (χ0) is 20.7. The average molecular weight is 389 g/mol. The van der Waals surface area contributed by atoms with Crippen LogP contribution < -0.4 is 15.5 Å². The fourth-order valence-corrected chi connectivity index (χ4v) is 2.78. The molecule has 0 saturated carbocycles. The zero-order valence-corrected chi connectivity index (χ0v) is 16.5. The van der Waals surface area contributed by atoms with Crippen LogP contribution in [-0.4, -0.2) is 43.5 Å². The van der Waals surface area contributed by atoms with Crippen molar-refractivity contribution < 1.29 is 23.9 Å². The highest BCUT2D eigenvalue weighted by atomic mass is 16.5. The molecule has 1 aromatic rings. The Morgan fingerprint density at radius 2 is 1.89 bits per heavy atom. The minimum Gasteiger partial charge on any atom is -0.455 e. The maximum absolute atomic E-state index is 12.2. The maximum atomic E-state index is 12.2. The standard InChI is InChI=1S/C20H27N3O5/c1-4-14-5-7-16(8-6-14)23-11-15(9-18(23)25)19(26)28-12-17(24)22-20(27)21-10-13(2)3/h5-8,13,15H,4,9-12H2,1-3H3,(H2,21,22,24,27)/t15-/m1/s1. The van der Waals surface area contributed by atoms with Crippen molar-refractivity contribution in [3.8, 4) is 0 Å². The second-order valence-electron chi connectivity index (χ2n) is 7.19. The van der Waals surface area contributed by atoms with Crippen LogP contribution in [0.3, 0.4) is 0 Å². The van der Waals surface area contributed by atoms with Crippen LogP contribution in [0.15, 0.2) is 24.3 Å². The van der Waals surface area contributed by atoms with Gasteiger partial charge in [0, 0.05) is 25.2 Å². The largest absolute Gasteiger partial charge is 0.455 e. The first-order chi connectivity index (χ1) is 13.3. The van der Waals surface area contributed by atoms with Crippen LogP contribution in [0.25, 0.3) is 0 Å². The third-order valence-electron chi connectivity index (χ3n) is 4.38. The number of rotatable bonds is 7. The molecule has 0 unspecified atom stereocenters. The second-order valence-corrected chi connectivity index (χ2v) is 7.19. The molecule has 1 saturated heterocycles. The Morgan fingerprint density at radius 3 is 2.50 bits per heavy atom. The molecular weight excluding hydrogens is 362 g/mol. The number of imide groups is 1. The minimum atomic E-state index is -0.717. The van der Waals surface area contributed by atoms with E-state index in [1.165, 1.54) is 0 Å². The molecule has 8 nitrogen and oxygen atoms in total. The van der Waals surface area contributed by atoms with Crippen molar-refractivity contribution in [2.75, 3.05) is 24.6 Å². The maximum Gasteiger partial charge on any atom is 0.321 e. The number of amides is 4. The number of urea groups is 1. The van der Waals surface area contributed by atoms with Gasteiger partial charge in [0.05, 0.1) is 5.92 Å². The highest BCUT2D eigenvalue weighted by molar-refractivity contribution is 6.00. The molecule has 0 aliphatic carbocycles. The van der Waals surface area contributed by atoms with Crippen molar-refractivity contribution in [3.05, 3.63) is 29.8 Å². The van der Waals surface area contributed by atoms with Crippen molar-refractivity contribution in [3.63, 3.8) is 0 Å². The van der Waals surface area contributed by atoms with E-state index in [9.17, 15) is 19.2 Å². The van der Waals surface area contributed by atoms with Crippen LogP contribution in [-0.2, 0) is 25.5 Å². The fourth-order valence-electron chi connectivity index (χ4n) is 2.78. The molecule has 0 aromatic heterocycles. The predicted octanol–water partition coefficient (Wildman–Crippen LogP) is 1.63. The highest BCUT2D eigenvalue weighted by Gasteiger charge is 2.36. The van der Waals surface area contributed by atoms with E-state index in [-0.39, 0.29) is 24.8 Å². The lowest BCUT2D eigenvalue weighted by atomic mass is 10.1. The summed E-state index contributed by atoms with van der Waals surface area (Å²) in [5.74, 6) is -1.89. The molecule has 1 aliphatic rings. The van der Waals surface area contributed by atoms with Crippen molar-refractivity contribution >= 4 is 29.5 Å². The molecule has 2 N–H and O–H groups in total. The number of nitrogens with zero attached hydrogens (tertiary/aromatic N) is 1. The summed E-state index contributed by atoms with van der Waals surface area (Å²) in [6.45, 7) is 5.97. The number of esters is 1. The predicted molar refractivity (Wildman–Crippen MR) is 104 cm³/mol. The summed E-state index contributed by atoms with van der Waals surface area (Å²) in [6.07, 6.45) is 0.936. The highest BCUT2D eigenvalue weighted by Crippen LogP contribution is 2.26. The van der Waals surface area contributed by atoms with Crippen LogP contribution in [0.5, 0.6) is 0 Å². The number of aryl methyl sites for hydroxylation is 1. The van der Waals surface area contributed by atoms with Gasteiger partial charge in [-0.05, 0) is 30.0 Å². The van der Waals surface area contributed by atoms with Crippen LogP contribution in [0, 0.1) is 11.8 Å². The summed E-state index contributed by atoms with van der Waals surface area (Å²) in [4.78, 5) is 49.2. The molecule has 0 spiro atoms. The Bertz CT molecular complexity index is 730. The Hall–Kier alpha value is -2.90. The third-order valence-corrected chi connectivity index (χ3v) is 4.38. The van der Waals surface area contributed by atoms with Gasteiger partial charge < -0.3 is 15.0 Å². The second kappa shape index (κ2) is 9.87. The molecule has 1 aliphatic heterocycles. The summed E-state index contributed by atoms with van der Waals surface area (Å²) < 4.78 is 4.97. The van der Waals surface area contributed by atoms with E-state index in [0.29, 0.717) is 6.54 Å². The number of hydrogen-bond donors (Lipinski definition) is 2. The van der Waals surface area contributed by atoms with Gasteiger partial charge in [-0.1, -0.05) is 32.9 Å². The lowest BCUT2D eigenvalue weighted by Crippen LogP contribution is -2.42. The topological polar surface area (TPSA) is 105 Å². The van der Waals surface area contributed by atoms with E-state index in [1.54, 1.807) is 4.90 Å². The van der Waals surface area contributed by atoms with E-state index < -0.39 is 30.4 Å². The SMILES string of the molecule is CCc1ccc(N2C[C@H](C(=O)OCC(=O)NC(=O)NCC(C)C)CC2=O)cc1. The molecule has 8 heteroatoms. The number of anilines is 1. The number of hydrogen-bond acceptors (Lipinski definition) is 5. The molecule has 1 fully saturated rings. The van der Waals surface area contributed by atoms with Gasteiger partial charge in [-0.2, -0.15) is 0 Å². The molecule has 1 aromatic carbocycles. The van der Waals surface area contributed by atoms with Crippen LogP contribution >= 0.6 is 0 Å². The lowest BCUT2D eigenvalue weighted by molar-refractivity contribution is -0.152. The van der Waals surface area contributed by atoms with Gasteiger partial charge in [0.2, 0.25) is 5.91 Å². The van der Waals surface area contributed by atoms with Crippen molar-refractivity contribution in [2.24, 2.45) is 11.8 Å². The van der Waals surface area contributed by atoms with Gasteiger partial charge in [-0.15, -0.1) is 0 Å². The Morgan fingerprint density at radius 1 is 1.21 bits per heavy atom. The Balaban J connectivity index is 1.80.